The van der Waals surface area contributed by atoms with Crippen LogP contribution < -0.4 is 10.6 Å². The third-order valence-electron chi connectivity index (χ3n) is 4.15. The van der Waals surface area contributed by atoms with Gasteiger partial charge in [-0.1, -0.05) is 6.92 Å². The van der Waals surface area contributed by atoms with E-state index in [1.54, 1.807) is 0 Å². The maximum absolute atomic E-state index is 12.3. The second-order valence-corrected chi connectivity index (χ2v) is 5.99. The zero-order chi connectivity index (χ0) is 14.0. The molecule has 0 bridgehead atoms. The molecule has 1 fully saturated rings. The molecule has 1 aromatic heterocycles. The van der Waals surface area contributed by atoms with Gasteiger partial charge in [0.1, 0.15) is 11.5 Å². The first kappa shape index (κ1) is 14.1. The minimum absolute atomic E-state index is 0.0151. The lowest BCUT2D eigenvalue weighted by Crippen LogP contribution is -2.45. The summed E-state index contributed by atoms with van der Waals surface area (Å²) < 4.78 is 5.51. The predicted molar refractivity (Wildman–Crippen MR) is 75.5 cm³/mol. The third-order valence-corrected chi connectivity index (χ3v) is 4.15. The second kappa shape index (κ2) is 5.37. The van der Waals surface area contributed by atoms with Crippen LogP contribution in [-0.4, -0.2) is 25.5 Å². The number of hydrogen-bond donors (Lipinski definition) is 2. The summed E-state index contributed by atoms with van der Waals surface area (Å²) in [7, 11) is 0. The van der Waals surface area contributed by atoms with Crippen LogP contribution in [0.1, 0.15) is 47.2 Å². The van der Waals surface area contributed by atoms with E-state index >= 15 is 0 Å². The van der Waals surface area contributed by atoms with Gasteiger partial charge in [-0.25, -0.2) is 0 Å². The van der Waals surface area contributed by atoms with Crippen LogP contribution in [0.15, 0.2) is 4.42 Å². The maximum atomic E-state index is 12.3. The molecule has 1 saturated heterocycles. The number of piperidine rings is 1. The van der Waals surface area contributed by atoms with Crippen LogP contribution in [0.2, 0.25) is 0 Å². The summed E-state index contributed by atoms with van der Waals surface area (Å²) in [6.07, 6.45) is 2.33. The largest absolute Gasteiger partial charge is 0.466 e. The lowest BCUT2D eigenvalue weighted by atomic mass is 9.83. The molecule has 1 atom stereocenters. The molecule has 1 aliphatic heterocycles. The minimum Gasteiger partial charge on any atom is -0.466 e. The van der Waals surface area contributed by atoms with E-state index in [0.717, 1.165) is 30.8 Å². The molecule has 19 heavy (non-hydrogen) atoms. The second-order valence-electron chi connectivity index (χ2n) is 5.99. The number of carbonyl (C=O) groups is 1. The smallest absolute Gasteiger partial charge is 0.255 e. The van der Waals surface area contributed by atoms with Crippen LogP contribution in [-0.2, 0) is 0 Å². The molecule has 1 amide bonds. The van der Waals surface area contributed by atoms with Gasteiger partial charge in [0, 0.05) is 18.7 Å². The molecule has 2 heterocycles. The summed E-state index contributed by atoms with van der Waals surface area (Å²) in [5.74, 6) is 1.52. The predicted octanol–water partition coefficient (Wildman–Crippen LogP) is 2.32. The fourth-order valence-corrected chi connectivity index (χ4v) is 2.78. The molecular weight excluding hydrogens is 240 g/mol. The van der Waals surface area contributed by atoms with E-state index in [-0.39, 0.29) is 11.3 Å². The molecule has 1 aliphatic rings. The number of hydrogen-bond acceptors (Lipinski definition) is 3. The normalized spacial score (nSPS) is 23.4. The van der Waals surface area contributed by atoms with Crippen molar-refractivity contribution >= 4 is 5.91 Å². The number of nitrogens with one attached hydrogen (secondary N) is 2. The molecule has 0 saturated carbocycles. The summed E-state index contributed by atoms with van der Waals surface area (Å²) in [5, 5.41) is 6.46. The Bertz CT molecular complexity index is 471. The van der Waals surface area contributed by atoms with Crippen molar-refractivity contribution in [1.29, 1.82) is 0 Å². The minimum atomic E-state index is -0.0151. The van der Waals surface area contributed by atoms with Crippen molar-refractivity contribution in [2.24, 2.45) is 5.41 Å². The molecule has 0 radical (unpaired) electrons. The Balaban J connectivity index is 2.01. The summed E-state index contributed by atoms with van der Waals surface area (Å²) in [6, 6.07) is 0. The first-order valence-corrected chi connectivity index (χ1v) is 6.98. The average Bonchev–Trinajstić information content (AvgIpc) is 2.62. The summed E-state index contributed by atoms with van der Waals surface area (Å²) in [6.45, 7) is 10.7. The Kier molecular flexibility index (Phi) is 3.99. The molecule has 0 spiro atoms. The van der Waals surface area contributed by atoms with Crippen molar-refractivity contribution in [3.63, 3.8) is 0 Å². The van der Waals surface area contributed by atoms with Gasteiger partial charge in [0.25, 0.3) is 5.91 Å². The first-order valence-electron chi connectivity index (χ1n) is 6.98. The van der Waals surface area contributed by atoms with Crippen molar-refractivity contribution in [2.75, 3.05) is 19.6 Å². The third kappa shape index (κ3) is 3.00. The van der Waals surface area contributed by atoms with Gasteiger partial charge in [0.15, 0.2) is 0 Å². The SMILES string of the molecule is Cc1oc(C)c(C(=O)NCC2(C)CCCNC2)c1C. The lowest BCUT2D eigenvalue weighted by Gasteiger charge is -2.34. The van der Waals surface area contributed by atoms with Gasteiger partial charge >= 0.3 is 0 Å². The standard InChI is InChI=1S/C15H24N2O2/c1-10-11(2)19-12(3)13(10)14(18)17-9-15(4)6-5-7-16-8-15/h16H,5-9H2,1-4H3,(H,17,18). The van der Waals surface area contributed by atoms with Crippen LogP contribution in [0.4, 0.5) is 0 Å². The van der Waals surface area contributed by atoms with Crippen LogP contribution in [0.3, 0.4) is 0 Å². The van der Waals surface area contributed by atoms with E-state index in [1.165, 1.54) is 6.42 Å². The first-order chi connectivity index (χ1) is 8.93. The van der Waals surface area contributed by atoms with Crippen molar-refractivity contribution in [1.82, 2.24) is 10.6 Å². The van der Waals surface area contributed by atoms with Crippen molar-refractivity contribution in [3.8, 4) is 0 Å². The highest BCUT2D eigenvalue weighted by atomic mass is 16.3. The molecular formula is C15H24N2O2. The molecule has 0 aromatic carbocycles. The molecule has 1 aromatic rings. The highest BCUT2D eigenvalue weighted by Crippen LogP contribution is 2.25. The topological polar surface area (TPSA) is 54.3 Å². The van der Waals surface area contributed by atoms with Gasteiger partial charge in [0.05, 0.1) is 5.56 Å². The Labute approximate surface area is 114 Å². The number of aryl methyl sites for hydroxylation is 2. The van der Waals surface area contributed by atoms with E-state index in [4.69, 9.17) is 4.42 Å². The Morgan fingerprint density at radius 1 is 1.37 bits per heavy atom. The van der Waals surface area contributed by atoms with Crippen molar-refractivity contribution in [2.45, 2.75) is 40.5 Å². The van der Waals surface area contributed by atoms with Gasteiger partial charge in [0.2, 0.25) is 0 Å². The Hall–Kier alpha value is -1.29. The quantitative estimate of drug-likeness (QED) is 0.881. The molecule has 1 unspecified atom stereocenters. The van der Waals surface area contributed by atoms with Crippen LogP contribution >= 0.6 is 0 Å². The summed E-state index contributed by atoms with van der Waals surface area (Å²) in [4.78, 5) is 12.3. The molecule has 106 valence electrons. The Morgan fingerprint density at radius 2 is 2.11 bits per heavy atom. The van der Waals surface area contributed by atoms with Gasteiger partial charge in [-0.3, -0.25) is 4.79 Å². The molecule has 4 heteroatoms. The van der Waals surface area contributed by atoms with Crippen LogP contribution in [0.25, 0.3) is 0 Å². The van der Waals surface area contributed by atoms with Gasteiger partial charge < -0.3 is 15.1 Å². The van der Waals surface area contributed by atoms with E-state index < -0.39 is 0 Å². The van der Waals surface area contributed by atoms with Crippen molar-refractivity contribution in [3.05, 3.63) is 22.6 Å². The Morgan fingerprint density at radius 3 is 2.63 bits per heavy atom. The number of furan rings is 1. The van der Waals surface area contributed by atoms with Crippen LogP contribution in [0, 0.1) is 26.2 Å². The lowest BCUT2D eigenvalue weighted by molar-refractivity contribution is 0.0922. The highest BCUT2D eigenvalue weighted by molar-refractivity contribution is 5.96. The van der Waals surface area contributed by atoms with Crippen molar-refractivity contribution < 1.29 is 9.21 Å². The molecule has 0 aliphatic carbocycles. The summed E-state index contributed by atoms with van der Waals surface area (Å²) >= 11 is 0. The fraction of sp³-hybridized carbons (Fsp3) is 0.667. The maximum Gasteiger partial charge on any atom is 0.255 e. The number of rotatable bonds is 3. The summed E-state index contributed by atoms with van der Waals surface area (Å²) in [5.41, 5.74) is 1.81. The fourth-order valence-electron chi connectivity index (χ4n) is 2.78. The number of amides is 1. The van der Waals surface area contributed by atoms with Gasteiger partial charge in [-0.15, -0.1) is 0 Å². The number of carbonyl (C=O) groups excluding carboxylic acids is 1. The highest BCUT2D eigenvalue weighted by Gasteiger charge is 2.28. The molecule has 2 rings (SSSR count). The average molecular weight is 264 g/mol. The van der Waals surface area contributed by atoms with Gasteiger partial charge in [-0.2, -0.15) is 0 Å². The zero-order valence-electron chi connectivity index (χ0n) is 12.4. The molecule has 2 N–H and O–H groups in total. The molecule has 4 nitrogen and oxygen atoms in total. The monoisotopic (exact) mass is 264 g/mol. The van der Waals surface area contributed by atoms with E-state index in [1.807, 2.05) is 20.8 Å². The zero-order valence-corrected chi connectivity index (χ0v) is 12.4. The van der Waals surface area contributed by atoms with E-state index in [2.05, 4.69) is 17.6 Å². The van der Waals surface area contributed by atoms with Crippen LogP contribution in [0.5, 0.6) is 0 Å². The van der Waals surface area contributed by atoms with Gasteiger partial charge in [-0.05, 0) is 45.6 Å². The van der Waals surface area contributed by atoms with E-state index in [9.17, 15) is 4.79 Å². The van der Waals surface area contributed by atoms with E-state index in [0.29, 0.717) is 17.9 Å².